The van der Waals surface area contributed by atoms with Gasteiger partial charge in [0.25, 0.3) is 0 Å². The highest BCUT2D eigenvalue weighted by Gasteiger charge is 2.43. The number of benzene rings is 1. The molecule has 0 saturated carbocycles. The van der Waals surface area contributed by atoms with Gasteiger partial charge in [0.15, 0.2) is 0 Å². The summed E-state index contributed by atoms with van der Waals surface area (Å²) in [5, 5.41) is 3.04. The predicted molar refractivity (Wildman–Crippen MR) is 114 cm³/mol. The Morgan fingerprint density at radius 2 is 1.60 bits per heavy atom. The number of hydrogen-bond acceptors (Lipinski definition) is 4. The van der Waals surface area contributed by atoms with Gasteiger partial charge in [-0.15, -0.1) is 0 Å². The first-order chi connectivity index (χ1) is 14.2. The molecule has 2 fully saturated rings. The van der Waals surface area contributed by atoms with Crippen LogP contribution in [-0.2, 0) is 14.3 Å². The van der Waals surface area contributed by atoms with Gasteiger partial charge in [0.1, 0.15) is 17.7 Å². The highest BCUT2D eigenvalue weighted by molar-refractivity contribution is 5.92. The van der Waals surface area contributed by atoms with Crippen LogP contribution in [0.15, 0.2) is 30.3 Å². The van der Waals surface area contributed by atoms with Crippen molar-refractivity contribution in [2.24, 2.45) is 0 Å². The van der Waals surface area contributed by atoms with E-state index in [0.29, 0.717) is 25.9 Å². The molecule has 0 unspecified atom stereocenters. The van der Waals surface area contributed by atoms with E-state index in [1.807, 2.05) is 58.0 Å². The minimum atomic E-state index is -0.614. The summed E-state index contributed by atoms with van der Waals surface area (Å²) in [6.45, 7) is 8.41. The summed E-state index contributed by atoms with van der Waals surface area (Å²) < 4.78 is 5.48. The van der Waals surface area contributed by atoms with E-state index >= 15 is 0 Å². The van der Waals surface area contributed by atoms with Crippen molar-refractivity contribution in [3.8, 4) is 0 Å². The lowest BCUT2D eigenvalue weighted by atomic mass is 10.1. The number of rotatable bonds is 4. The van der Waals surface area contributed by atoms with Crippen LogP contribution in [0.5, 0.6) is 0 Å². The summed E-state index contributed by atoms with van der Waals surface area (Å²) in [5.41, 5.74) is 0.408. The van der Waals surface area contributed by atoms with Crippen molar-refractivity contribution >= 4 is 17.9 Å². The van der Waals surface area contributed by atoms with Gasteiger partial charge in [-0.05, 0) is 58.9 Å². The molecule has 0 radical (unpaired) electrons. The Hall–Kier alpha value is -2.57. The van der Waals surface area contributed by atoms with Crippen LogP contribution >= 0.6 is 0 Å². The first-order valence-corrected chi connectivity index (χ1v) is 10.8. The standard InChI is InChI=1S/C23H33N3O4/c1-16(17-10-6-5-7-11-17)24-20(27)18-12-8-14-25(18)21(28)19-13-9-15-26(19)22(29)30-23(2,3)4/h5-7,10-11,16,18-19H,8-9,12-15H2,1-4H3,(H,24,27)/t16-,18-,19-/m0/s1. The molecule has 3 rings (SSSR count). The van der Waals surface area contributed by atoms with Crippen LogP contribution in [0.2, 0.25) is 0 Å². The molecule has 2 aliphatic heterocycles. The number of carbonyl (C=O) groups is 3. The molecule has 7 nitrogen and oxygen atoms in total. The van der Waals surface area contributed by atoms with Crippen LogP contribution in [0.3, 0.4) is 0 Å². The molecule has 30 heavy (non-hydrogen) atoms. The largest absolute Gasteiger partial charge is 0.444 e. The first kappa shape index (κ1) is 22.1. The third kappa shape index (κ3) is 5.12. The summed E-state index contributed by atoms with van der Waals surface area (Å²) in [7, 11) is 0. The fourth-order valence-corrected chi connectivity index (χ4v) is 4.19. The van der Waals surface area contributed by atoms with Gasteiger partial charge >= 0.3 is 6.09 Å². The van der Waals surface area contributed by atoms with Crippen molar-refractivity contribution in [2.75, 3.05) is 13.1 Å². The minimum Gasteiger partial charge on any atom is -0.444 e. The van der Waals surface area contributed by atoms with E-state index in [0.717, 1.165) is 18.4 Å². The van der Waals surface area contributed by atoms with Crippen LogP contribution in [-0.4, -0.2) is 58.5 Å². The number of carbonyl (C=O) groups excluding carboxylic acids is 3. The zero-order valence-corrected chi connectivity index (χ0v) is 18.4. The zero-order valence-electron chi connectivity index (χ0n) is 18.4. The lowest BCUT2D eigenvalue weighted by Crippen LogP contribution is -2.53. The van der Waals surface area contributed by atoms with Gasteiger partial charge in [-0.2, -0.15) is 0 Å². The summed E-state index contributed by atoms with van der Waals surface area (Å²) in [6, 6.07) is 8.57. The quantitative estimate of drug-likeness (QED) is 0.819. The van der Waals surface area contributed by atoms with Crippen LogP contribution in [0.25, 0.3) is 0 Å². The Kier molecular flexibility index (Phi) is 6.68. The van der Waals surface area contributed by atoms with Gasteiger partial charge in [0.2, 0.25) is 11.8 Å². The first-order valence-electron chi connectivity index (χ1n) is 10.8. The van der Waals surface area contributed by atoms with Gasteiger partial charge < -0.3 is 15.0 Å². The Morgan fingerprint density at radius 3 is 2.23 bits per heavy atom. The molecule has 0 bridgehead atoms. The number of amides is 3. The average Bonchev–Trinajstić information content (AvgIpc) is 3.36. The van der Waals surface area contributed by atoms with Gasteiger partial charge in [-0.3, -0.25) is 14.5 Å². The second-order valence-electron chi connectivity index (χ2n) is 9.16. The Labute approximate surface area is 178 Å². The minimum absolute atomic E-state index is 0.138. The molecule has 2 saturated heterocycles. The highest BCUT2D eigenvalue weighted by atomic mass is 16.6. The highest BCUT2D eigenvalue weighted by Crippen LogP contribution is 2.27. The van der Waals surface area contributed by atoms with Crippen LogP contribution in [0.4, 0.5) is 4.79 Å². The normalized spacial score (nSPS) is 22.7. The number of likely N-dealkylation sites (tertiary alicyclic amines) is 2. The number of ether oxygens (including phenoxy) is 1. The summed E-state index contributed by atoms with van der Waals surface area (Å²) in [5.74, 6) is -0.289. The lowest BCUT2D eigenvalue weighted by Gasteiger charge is -2.32. The molecule has 3 amide bonds. The monoisotopic (exact) mass is 415 g/mol. The molecule has 2 aliphatic rings. The van der Waals surface area contributed by atoms with E-state index < -0.39 is 23.8 Å². The average molecular weight is 416 g/mol. The molecule has 0 aliphatic carbocycles. The summed E-state index contributed by atoms with van der Waals surface area (Å²) in [6.07, 6.45) is 2.31. The summed E-state index contributed by atoms with van der Waals surface area (Å²) in [4.78, 5) is 42.0. The zero-order chi connectivity index (χ0) is 21.9. The fourth-order valence-electron chi connectivity index (χ4n) is 4.19. The topological polar surface area (TPSA) is 79.0 Å². The Balaban J connectivity index is 1.66. The molecule has 164 valence electrons. The van der Waals surface area contributed by atoms with Crippen molar-refractivity contribution in [3.05, 3.63) is 35.9 Å². The maximum absolute atomic E-state index is 13.3. The van der Waals surface area contributed by atoms with Gasteiger partial charge in [-0.25, -0.2) is 4.79 Å². The predicted octanol–water partition coefficient (Wildman–Crippen LogP) is 3.25. The van der Waals surface area contributed by atoms with Gasteiger partial charge in [-0.1, -0.05) is 30.3 Å². The van der Waals surface area contributed by atoms with Crippen molar-refractivity contribution in [1.29, 1.82) is 0 Å². The molecule has 3 atom stereocenters. The second-order valence-corrected chi connectivity index (χ2v) is 9.16. The van der Waals surface area contributed by atoms with Crippen molar-refractivity contribution in [2.45, 2.75) is 77.1 Å². The van der Waals surface area contributed by atoms with E-state index in [2.05, 4.69) is 5.32 Å². The number of nitrogens with one attached hydrogen (secondary N) is 1. The number of hydrogen-bond donors (Lipinski definition) is 1. The molecule has 1 N–H and O–H groups in total. The maximum atomic E-state index is 13.3. The third-order valence-corrected chi connectivity index (χ3v) is 5.66. The maximum Gasteiger partial charge on any atom is 0.410 e. The molecule has 2 heterocycles. The molecule has 0 spiro atoms. The molecule has 1 aromatic rings. The molecule has 1 aromatic carbocycles. The van der Waals surface area contributed by atoms with Crippen molar-refractivity contribution in [1.82, 2.24) is 15.1 Å². The molecular weight excluding hydrogens is 382 g/mol. The van der Waals surface area contributed by atoms with E-state index in [9.17, 15) is 14.4 Å². The third-order valence-electron chi connectivity index (χ3n) is 5.66. The van der Waals surface area contributed by atoms with E-state index in [4.69, 9.17) is 4.74 Å². The molecule has 0 aromatic heterocycles. The second kappa shape index (κ2) is 9.06. The van der Waals surface area contributed by atoms with Crippen LogP contribution in [0.1, 0.15) is 65.0 Å². The van der Waals surface area contributed by atoms with Crippen LogP contribution in [0, 0.1) is 0 Å². The van der Waals surface area contributed by atoms with E-state index in [-0.39, 0.29) is 17.9 Å². The van der Waals surface area contributed by atoms with Crippen LogP contribution < -0.4 is 5.32 Å². The van der Waals surface area contributed by atoms with Gasteiger partial charge in [0.05, 0.1) is 6.04 Å². The van der Waals surface area contributed by atoms with Crippen molar-refractivity contribution in [3.63, 3.8) is 0 Å². The van der Waals surface area contributed by atoms with Crippen molar-refractivity contribution < 1.29 is 19.1 Å². The Morgan fingerprint density at radius 1 is 1.00 bits per heavy atom. The van der Waals surface area contributed by atoms with Gasteiger partial charge in [0, 0.05) is 13.1 Å². The lowest BCUT2D eigenvalue weighted by molar-refractivity contribution is -0.142. The van der Waals surface area contributed by atoms with E-state index in [1.54, 1.807) is 4.90 Å². The SMILES string of the molecule is C[C@H](NC(=O)[C@@H]1CCCN1C(=O)[C@@H]1CCCN1C(=O)OC(C)(C)C)c1ccccc1. The Bertz CT molecular complexity index is 774. The number of nitrogens with zero attached hydrogens (tertiary/aromatic N) is 2. The smallest absolute Gasteiger partial charge is 0.410 e. The molecule has 7 heteroatoms. The fraction of sp³-hybridized carbons (Fsp3) is 0.609. The van der Waals surface area contributed by atoms with E-state index in [1.165, 1.54) is 4.90 Å². The summed E-state index contributed by atoms with van der Waals surface area (Å²) >= 11 is 0. The molecular formula is C23H33N3O4.